The van der Waals surface area contributed by atoms with Gasteiger partial charge in [0.2, 0.25) is 0 Å². The summed E-state index contributed by atoms with van der Waals surface area (Å²) in [5, 5.41) is 21.1. The van der Waals surface area contributed by atoms with E-state index in [2.05, 4.69) is 84.9 Å². The molecule has 12 heteroatoms. The molecule has 2 bridgehead atoms. The van der Waals surface area contributed by atoms with E-state index in [-0.39, 0.29) is 17.8 Å². The number of rotatable bonds is 7. The molecule has 41 heavy (non-hydrogen) atoms. The lowest BCUT2D eigenvalue weighted by Gasteiger charge is -2.41. The number of halogens is 3. The predicted octanol–water partition coefficient (Wildman–Crippen LogP) is 4.99. The van der Waals surface area contributed by atoms with Crippen LogP contribution in [0.25, 0.3) is 0 Å². The molecule has 1 aliphatic carbocycles. The number of methoxy groups -OCH3 is 1. The van der Waals surface area contributed by atoms with Crippen molar-refractivity contribution >= 4 is 79.7 Å². The standard InChI is InChI=1S/C29H38I3NO8/c1-12-9-13(2)29-11-17(7-8-18(29)10-19(38-6)27(36)39-23(12)16(5)35)25(41-29)24(14(3)15(4)34)40-28(37)22-20(30)21(31)26(32)33-22/h7-9,12,14-19,23-25,33-35H,10-11H2,1-6H3/b13-9+/t12-,14-,15+,16?,17-,18?,19+,23+,24-,25-,29+/m1/s1. The van der Waals surface area contributed by atoms with E-state index in [0.29, 0.717) is 18.5 Å². The van der Waals surface area contributed by atoms with Crippen LogP contribution >= 0.6 is 67.8 Å². The Balaban J connectivity index is 1.74. The Hall–Kier alpha value is -0.270. The Morgan fingerprint density at radius 2 is 1.83 bits per heavy atom. The zero-order valence-corrected chi connectivity index (χ0v) is 30.4. The Morgan fingerprint density at radius 3 is 2.39 bits per heavy atom. The van der Waals surface area contributed by atoms with Gasteiger partial charge in [-0.3, -0.25) is 0 Å². The van der Waals surface area contributed by atoms with Gasteiger partial charge in [0.1, 0.15) is 24.0 Å². The maximum absolute atomic E-state index is 13.5. The van der Waals surface area contributed by atoms with Gasteiger partial charge in [-0.15, -0.1) is 0 Å². The van der Waals surface area contributed by atoms with Crippen molar-refractivity contribution in [3.8, 4) is 0 Å². The first kappa shape index (κ1) is 33.6. The first-order valence-corrected chi connectivity index (χ1v) is 17.0. The molecule has 228 valence electrons. The van der Waals surface area contributed by atoms with Gasteiger partial charge < -0.3 is 34.1 Å². The number of aromatic nitrogens is 1. The summed E-state index contributed by atoms with van der Waals surface area (Å²) in [6.07, 6.45) is 2.64. The summed E-state index contributed by atoms with van der Waals surface area (Å²) in [6, 6.07) is 0. The summed E-state index contributed by atoms with van der Waals surface area (Å²) in [4.78, 5) is 29.7. The third kappa shape index (κ3) is 6.58. The average molecular weight is 909 g/mol. The van der Waals surface area contributed by atoms with E-state index in [1.54, 1.807) is 13.8 Å². The van der Waals surface area contributed by atoms with E-state index in [0.717, 1.165) is 16.4 Å². The number of carbonyl (C=O) groups is 2. The van der Waals surface area contributed by atoms with E-state index in [4.69, 9.17) is 18.9 Å². The number of carbonyl (C=O) groups excluding carboxylic acids is 2. The molecule has 3 aliphatic rings. The molecule has 2 aliphatic heterocycles. The van der Waals surface area contributed by atoms with Crippen LogP contribution in [0, 0.1) is 34.5 Å². The number of cyclic esters (lactones) is 1. The lowest BCUT2D eigenvalue weighted by atomic mass is 9.69. The summed E-state index contributed by atoms with van der Waals surface area (Å²) < 4.78 is 27.1. The van der Waals surface area contributed by atoms with Crippen molar-refractivity contribution in [1.82, 2.24) is 4.98 Å². The summed E-state index contributed by atoms with van der Waals surface area (Å²) in [5.41, 5.74) is 0.553. The molecule has 3 N–H and O–H groups in total. The predicted molar refractivity (Wildman–Crippen MR) is 177 cm³/mol. The SMILES string of the molecule is CO[C@H]1CC2C=C[C@@H]3C[C@]2(O[C@H]3[C@H](OC(=O)c2[nH]c(I)c(I)c2I)[C@H](C)[C@H](C)O)/C(C)=C/[C@@H](C)[C@@H](C(C)O)OC1=O. The summed E-state index contributed by atoms with van der Waals surface area (Å²) >= 11 is 6.48. The molecular weight excluding hydrogens is 871 g/mol. The van der Waals surface area contributed by atoms with Gasteiger partial charge in [0, 0.05) is 30.8 Å². The highest BCUT2D eigenvalue weighted by Gasteiger charge is 2.57. The molecule has 1 aromatic heterocycles. The Morgan fingerprint density at radius 1 is 1.15 bits per heavy atom. The number of nitrogens with one attached hydrogen (secondary N) is 1. The Labute approximate surface area is 282 Å². The van der Waals surface area contributed by atoms with Crippen molar-refractivity contribution in [1.29, 1.82) is 0 Å². The molecule has 9 nitrogen and oxygen atoms in total. The van der Waals surface area contributed by atoms with Crippen molar-refractivity contribution in [3.63, 3.8) is 0 Å². The number of hydrogen-bond acceptors (Lipinski definition) is 8. The van der Waals surface area contributed by atoms with Crippen LogP contribution in [0.4, 0.5) is 0 Å². The van der Waals surface area contributed by atoms with Crippen LogP contribution in [-0.4, -0.2) is 76.5 Å². The number of esters is 2. The maximum atomic E-state index is 13.5. The summed E-state index contributed by atoms with van der Waals surface area (Å²) in [7, 11) is 1.48. The van der Waals surface area contributed by atoms with Crippen molar-refractivity contribution < 1.29 is 38.7 Å². The zero-order valence-electron chi connectivity index (χ0n) is 23.9. The number of hydrogen-bond donors (Lipinski definition) is 3. The molecule has 1 aromatic rings. The van der Waals surface area contributed by atoms with Gasteiger partial charge in [-0.2, -0.15) is 0 Å². The van der Waals surface area contributed by atoms with E-state index in [9.17, 15) is 19.8 Å². The fraction of sp³-hybridized carbons (Fsp3) is 0.655. The molecule has 4 rings (SSSR count). The first-order chi connectivity index (χ1) is 19.2. The van der Waals surface area contributed by atoms with Crippen LogP contribution in [-0.2, 0) is 23.7 Å². The number of fused-ring (bicyclic) bond motifs is 1. The van der Waals surface area contributed by atoms with Gasteiger partial charge in [0.15, 0.2) is 6.10 Å². The van der Waals surface area contributed by atoms with E-state index in [1.165, 1.54) is 7.11 Å². The molecular formula is C29H38I3NO8. The van der Waals surface area contributed by atoms with Crippen molar-refractivity contribution in [2.75, 3.05) is 7.11 Å². The van der Waals surface area contributed by atoms with Gasteiger partial charge in [-0.25, -0.2) is 9.59 Å². The first-order valence-electron chi connectivity index (χ1n) is 13.8. The quantitative estimate of drug-likeness (QED) is 0.199. The third-order valence-corrected chi connectivity index (χ3v) is 13.9. The highest BCUT2D eigenvalue weighted by atomic mass is 127. The molecule has 1 saturated heterocycles. The van der Waals surface area contributed by atoms with Gasteiger partial charge in [-0.1, -0.05) is 32.1 Å². The van der Waals surface area contributed by atoms with Crippen molar-refractivity contribution in [3.05, 3.63) is 40.3 Å². The second-order valence-corrected chi connectivity index (χ2v) is 14.8. The van der Waals surface area contributed by atoms with Gasteiger partial charge in [0.05, 0.1) is 28.7 Å². The van der Waals surface area contributed by atoms with Gasteiger partial charge in [0.25, 0.3) is 0 Å². The van der Waals surface area contributed by atoms with Crippen LogP contribution in [0.2, 0.25) is 0 Å². The highest BCUT2D eigenvalue weighted by molar-refractivity contribution is 14.1. The Kier molecular flexibility index (Phi) is 11.0. The molecule has 0 radical (unpaired) electrons. The molecule has 2 unspecified atom stereocenters. The zero-order chi connectivity index (χ0) is 30.4. The van der Waals surface area contributed by atoms with E-state index in [1.807, 2.05) is 26.8 Å². The average Bonchev–Trinajstić information content (AvgIpc) is 3.37. The van der Waals surface area contributed by atoms with Crippen LogP contribution in [0.5, 0.6) is 0 Å². The smallest absolute Gasteiger partial charge is 0.356 e. The topological polar surface area (TPSA) is 127 Å². The van der Waals surface area contributed by atoms with Crippen LogP contribution < -0.4 is 0 Å². The minimum atomic E-state index is -0.878. The normalized spacial score (nSPS) is 35.9. The minimum Gasteiger partial charge on any atom is -0.457 e. The van der Waals surface area contributed by atoms with Gasteiger partial charge >= 0.3 is 11.9 Å². The lowest BCUT2D eigenvalue weighted by Crippen LogP contribution is -2.47. The monoisotopic (exact) mass is 909 g/mol. The summed E-state index contributed by atoms with van der Waals surface area (Å²) in [6.45, 7) is 9.08. The molecule has 0 aromatic carbocycles. The number of aromatic amines is 1. The number of aliphatic hydroxyl groups is 2. The van der Waals surface area contributed by atoms with Gasteiger partial charge in [-0.05, 0) is 107 Å². The number of H-pyrrole nitrogens is 1. The molecule has 1 fully saturated rings. The number of aliphatic hydroxyl groups excluding tert-OH is 2. The van der Waals surface area contributed by atoms with E-state index >= 15 is 0 Å². The van der Waals surface area contributed by atoms with Crippen LogP contribution in [0.15, 0.2) is 23.8 Å². The van der Waals surface area contributed by atoms with Crippen molar-refractivity contribution in [2.45, 2.75) is 89.7 Å². The second kappa shape index (κ2) is 13.4. The highest BCUT2D eigenvalue weighted by Crippen LogP contribution is 2.53. The fourth-order valence-corrected chi connectivity index (χ4v) is 8.41. The third-order valence-electron chi connectivity index (χ3n) is 8.83. The molecule has 0 saturated carbocycles. The van der Waals surface area contributed by atoms with Crippen LogP contribution in [0.3, 0.4) is 0 Å². The molecule has 1 spiro atoms. The Bertz CT molecular complexity index is 1210. The molecule has 3 heterocycles. The lowest BCUT2D eigenvalue weighted by molar-refractivity contribution is -0.172. The van der Waals surface area contributed by atoms with Crippen molar-refractivity contribution in [2.24, 2.45) is 23.7 Å². The largest absolute Gasteiger partial charge is 0.457 e. The second-order valence-electron chi connectivity index (χ2n) is 11.6. The number of ether oxygens (including phenoxy) is 4. The maximum Gasteiger partial charge on any atom is 0.356 e. The van der Waals surface area contributed by atoms with Crippen LogP contribution in [0.1, 0.15) is 57.9 Å². The fourth-order valence-electron chi connectivity index (χ4n) is 6.32. The molecule has 11 atom stereocenters. The van der Waals surface area contributed by atoms with E-state index < -0.39 is 60.1 Å². The summed E-state index contributed by atoms with van der Waals surface area (Å²) in [5.74, 6) is -2.01. The minimum absolute atomic E-state index is 0.0876. The molecule has 0 amide bonds.